The Morgan fingerprint density at radius 3 is 2.24 bits per heavy atom. The number of rotatable bonds is 5. The van der Waals surface area contributed by atoms with E-state index in [0.717, 1.165) is 16.9 Å². The van der Waals surface area contributed by atoms with Crippen LogP contribution >= 0.6 is 0 Å². The van der Waals surface area contributed by atoms with Gasteiger partial charge in [0.2, 0.25) is 0 Å². The monoisotopic (exact) mass is 256 g/mol. The van der Waals surface area contributed by atoms with E-state index in [1.54, 1.807) is 0 Å². The normalized spacial score (nSPS) is 13.4. The van der Waals surface area contributed by atoms with Crippen molar-refractivity contribution in [1.82, 2.24) is 0 Å². The van der Waals surface area contributed by atoms with E-state index in [1.807, 2.05) is 39.0 Å². The first-order valence-corrected chi connectivity index (χ1v) is 7.72. The summed E-state index contributed by atoms with van der Waals surface area (Å²) in [4.78, 5) is 0. The summed E-state index contributed by atoms with van der Waals surface area (Å²) in [6.45, 7) is 6.29. The number of aryl methyl sites for hydroxylation is 2. The first kappa shape index (κ1) is 14.0. The summed E-state index contributed by atoms with van der Waals surface area (Å²) >= 11 is 0. The van der Waals surface area contributed by atoms with Crippen molar-refractivity contribution in [2.24, 2.45) is 5.92 Å². The van der Waals surface area contributed by atoms with Crippen LogP contribution in [0, 0.1) is 19.8 Å². The molecule has 0 aliphatic rings. The van der Waals surface area contributed by atoms with Gasteiger partial charge in [-0.05, 0) is 25.0 Å². The van der Waals surface area contributed by atoms with Crippen LogP contribution in [0.15, 0.2) is 18.2 Å². The van der Waals surface area contributed by atoms with Gasteiger partial charge in [0.05, 0.1) is 12.4 Å². The predicted octanol–water partition coefficient (Wildman–Crippen LogP) is 2.36. The molecule has 0 aliphatic heterocycles. The lowest BCUT2D eigenvalue weighted by molar-refractivity contribution is 0.268. The highest BCUT2D eigenvalue weighted by atomic mass is 32.2. The molecular weight excluding hydrogens is 236 g/mol. The van der Waals surface area contributed by atoms with Crippen molar-refractivity contribution in [1.29, 1.82) is 0 Å². The molecule has 0 saturated heterocycles. The predicted molar refractivity (Wildman–Crippen MR) is 70.3 cm³/mol. The highest BCUT2D eigenvalue weighted by molar-refractivity contribution is 7.90. The van der Waals surface area contributed by atoms with E-state index in [2.05, 4.69) is 0 Å². The Bertz CT molecular complexity index is 457. The molecule has 1 rings (SSSR count). The fourth-order valence-corrected chi connectivity index (χ4v) is 2.95. The number of sulfone groups is 1. The van der Waals surface area contributed by atoms with Crippen LogP contribution in [0.1, 0.15) is 18.1 Å². The molecule has 0 amide bonds. The molecule has 0 fully saturated rings. The van der Waals surface area contributed by atoms with E-state index in [0.29, 0.717) is 6.61 Å². The Kier molecular flexibility index (Phi) is 4.57. The molecule has 1 unspecified atom stereocenters. The summed E-state index contributed by atoms with van der Waals surface area (Å²) in [6.07, 6.45) is 1.25. The van der Waals surface area contributed by atoms with Gasteiger partial charge < -0.3 is 4.74 Å². The molecule has 3 nitrogen and oxygen atoms in total. The molecule has 1 aromatic rings. The van der Waals surface area contributed by atoms with Gasteiger partial charge in [0.15, 0.2) is 0 Å². The minimum absolute atomic E-state index is 0.00371. The quantitative estimate of drug-likeness (QED) is 0.812. The van der Waals surface area contributed by atoms with E-state index in [-0.39, 0.29) is 11.7 Å². The Morgan fingerprint density at radius 2 is 1.76 bits per heavy atom. The lowest BCUT2D eigenvalue weighted by Crippen LogP contribution is -2.19. The third kappa shape index (κ3) is 4.77. The van der Waals surface area contributed by atoms with Crippen molar-refractivity contribution in [3.63, 3.8) is 0 Å². The van der Waals surface area contributed by atoms with Crippen LogP contribution in [-0.2, 0) is 9.84 Å². The molecule has 0 radical (unpaired) electrons. The fourth-order valence-electron chi connectivity index (χ4n) is 1.82. The second-order valence-corrected chi connectivity index (χ2v) is 6.91. The van der Waals surface area contributed by atoms with Crippen LogP contribution in [0.5, 0.6) is 5.75 Å². The first-order valence-electron chi connectivity index (χ1n) is 5.66. The van der Waals surface area contributed by atoms with Gasteiger partial charge in [-0.2, -0.15) is 0 Å². The number of para-hydroxylation sites is 1. The smallest absolute Gasteiger partial charge is 0.147 e. The standard InChI is InChI=1S/C13H20O3S/c1-10(9-17(4,14)15)8-16-13-11(2)6-5-7-12(13)3/h5-7,10H,8-9H2,1-4H3. The molecule has 0 heterocycles. The van der Waals surface area contributed by atoms with Gasteiger partial charge in [0, 0.05) is 12.2 Å². The molecule has 1 aromatic carbocycles. The minimum Gasteiger partial charge on any atom is -0.493 e. The van der Waals surface area contributed by atoms with Crippen LogP contribution in [0.25, 0.3) is 0 Å². The van der Waals surface area contributed by atoms with Gasteiger partial charge in [-0.25, -0.2) is 8.42 Å². The maximum absolute atomic E-state index is 11.1. The first-order chi connectivity index (χ1) is 7.79. The number of hydrogen-bond acceptors (Lipinski definition) is 3. The highest BCUT2D eigenvalue weighted by Gasteiger charge is 2.12. The molecule has 1 atom stereocenters. The van der Waals surface area contributed by atoms with Gasteiger partial charge >= 0.3 is 0 Å². The fraction of sp³-hybridized carbons (Fsp3) is 0.538. The molecule has 4 heteroatoms. The van der Waals surface area contributed by atoms with Gasteiger partial charge in [-0.3, -0.25) is 0 Å². The van der Waals surface area contributed by atoms with E-state index < -0.39 is 9.84 Å². The third-order valence-corrected chi connectivity index (χ3v) is 3.68. The summed E-state index contributed by atoms with van der Waals surface area (Å²) < 4.78 is 28.0. The van der Waals surface area contributed by atoms with Crippen molar-refractivity contribution in [2.75, 3.05) is 18.6 Å². The van der Waals surface area contributed by atoms with Crippen LogP contribution in [-0.4, -0.2) is 27.0 Å². The summed E-state index contributed by atoms with van der Waals surface area (Å²) in [5.41, 5.74) is 2.16. The molecule has 0 bridgehead atoms. The zero-order valence-corrected chi connectivity index (χ0v) is 11.7. The molecule has 0 aliphatic carbocycles. The van der Waals surface area contributed by atoms with Crippen molar-refractivity contribution in [3.05, 3.63) is 29.3 Å². The Hall–Kier alpha value is -1.03. The van der Waals surface area contributed by atoms with Crippen molar-refractivity contribution in [3.8, 4) is 5.75 Å². The SMILES string of the molecule is Cc1cccc(C)c1OCC(C)CS(C)(=O)=O. The molecule has 17 heavy (non-hydrogen) atoms. The van der Waals surface area contributed by atoms with E-state index in [9.17, 15) is 8.42 Å². The highest BCUT2D eigenvalue weighted by Crippen LogP contribution is 2.22. The molecule has 96 valence electrons. The second-order valence-electron chi connectivity index (χ2n) is 4.73. The number of benzene rings is 1. The maximum Gasteiger partial charge on any atom is 0.147 e. The Balaban J connectivity index is 2.62. The summed E-state index contributed by atoms with van der Waals surface area (Å²) in [5, 5.41) is 0. The third-order valence-electron chi connectivity index (χ3n) is 2.51. The zero-order chi connectivity index (χ0) is 13.1. The van der Waals surface area contributed by atoms with Crippen molar-refractivity contribution in [2.45, 2.75) is 20.8 Å². The Morgan fingerprint density at radius 1 is 1.24 bits per heavy atom. The van der Waals surface area contributed by atoms with Gasteiger partial charge in [-0.1, -0.05) is 25.1 Å². The maximum atomic E-state index is 11.1. The van der Waals surface area contributed by atoms with Gasteiger partial charge in [0.25, 0.3) is 0 Å². The largest absolute Gasteiger partial charge is 0.493 e. The van der Waals surface area contributed by atoms with Crippen LogP contribution in [0.3, 0.4) is 0 Å². The number of hydrogen-bond donors (Lipinski definition) is 0. The molecule has 0 N–H and O–H groups in total. The zero-order valence-electron chi connectivity index (χ0n) is 10.9. The topological polar surface area (TPSA) is 43.4 Å². The van der Waals surface area contributed by atoms with Gasteiger partial charge in [0.1, 0.15) is 15.6 Å². The number of ether oxygens (including phenoxy) is 1. The average Bonchev–Trinajstić information content (AvgIpc) is 2.14. The molecule has 0 saturated carbocycles. The van der Waals surface area contributed by atoms with Crippen LogP contribution in [0.2, 0.25) is 0 Å². The Labute approximate surface area is 104 Å². The minimum atomic E-state index is -2.93. The van der Waals surface area contributed by atoms with Crippen molar-refractivity contribution >= 4 is 9.84 Å². The lowest BCUT2D eigenvalue weighted by atomic mass is 10.1. The van der Waals surface area contributed by atoms with E-state index in [4.69, 9.17) is 4.74 Å². The summed E-state index contributed by atoms with van der Waals surface area (Å²) in [7, 11) is -2.93. The lowest BCUT2D eigenvalue weighted by Gasteiger charge is -2.15. The summed E-state index contributed by atoms with van der Waals surface area (Å²) in [5.74, 6) is 1.04. The van der Waals surface area contributed by atoms with E-state index in [1.165, 1.54) is 6.26 Å². The van der Waals surface area contributed by atoms with Crippen molar-refractivity contribution < 1.29 is 13.2 Å². The molecule has 0 aromatic heterocycles. The van der Waals surface area contributed by atoms with Crippen LogP contribution < -0.4 is 4.74 Å². The van der Waals surface area contributed by atoms with E-state index >= 15 is 0 Å². The molecular formula is C13H20O3S. The summed E-state index contributed by atoms with van der Waals surface area (Å²) in [6, 6.07) is 5.96. The molecule has 0 spiro atoms. The van der Waals surface area contributed by atoms with Crippen LogP contribution in [0.4, 0.5) is 0 Å². The average molecular weight is 256 g/mol. The van der Waals surface area contributed by atoms with Gasteiger partial charge in [-0.15, -0.1) is 0 Å². The second kappa shape index (κ2) is 5.54.